The van der Waals surface area contributed by atoms with Gasteiger partial charge in [-0.2, -0.15) is 0 Å². The number of amides is 2. The molecule has 0 unspecified atom stereocenters. The van der Waals surface area contributed by atoms with Crippen LogP contribution in [0.5, 0.6) is 0 Å². The fourth-order valence-corrected chi connectivity index (χ4v) is 3.15. The first kappa shape index (κ1) is 16.7. The van der Waals surface area contributed by atoms with Crippen LogP contribution in [-0.4, -0.2) is 30.3 Å². The number of carbonyl (C=O) groups excluding carboxylic acids is 2. The van der Waals surface area contributed by atoms with Crippen LogP contribution in [0.4, 0.5) is 5.69 Å². The van der Waals surface area contributed by atoms with Crippen LogP contribution >= 0.6 is 15.9 Å². The highest BCUT2D eigenvalue weighted by Gasteiger charge is 2.22. The number of rotatable bonds is 4. The Morgan fingerprint density at radius 3 is 2.62 bits per heavy atom. The molecule has 0 atom stereocenters. The smallest absolute Gasteiger partial charge is 0.253 e. The van der Waals surface area contributed by atoms with Crippen molar-refractivity contribution in [3.63, 3.8) is 0 Å². The normalized spacial score (nSPS) is 14.1. The Morgan fingerprint density at radius 1 is 1.21 bits per heavy atom. The monoisotopic (exact) mass is 386 g/mol. The molecule has 0 aromatic heterocycles. The van der Waals surface area contributed by atoms with E-state index in [0.29, 0.717) is 18.5 Å². The molecular formula is C19H19BrN2O2. The van der Waals surface area contributed by atoms with Crippen LogP contribution in [-0.2, 0) is 11.3 Å². The number of halogens is 1. The van der Waals surface area contributed by atoms with E-state index in [1.807, 2.05) is 42.5 Å². The van der Waals surface area contributed by atoms with Gasteiger partial charge in [0.2, 0.25) is 5.91 Å². The minimum atomic E-state index is -0.0496. The van der Waals surface area contributed by atoms with Crippen LogP contribution in [0, 0.1) is 0 Å². The quantitative estimate of drug-likeness (QED) is 0.800. The average Bonchev–Trinajstić information content (AvgIpc) is 3.02. The van der Waals surface area contributed by atoms with Crippen LogP contribution in [0.25, 0.3) is 0 Å². The Labute approximate surface area is 150 Å². The molecule has 3 rings (SSSR count). The van der Waals surface area contributed by atoms with Gasteiger partial charge in [-0.15, -0.1) is 0 Å². The lowest BCUT2D eigenvalue weighted by molar-refractivity contribution is -0.117. The third kappa shape index (κ3) is 3.67. The van der Waals surface area contributed by atoms with Crippen molar-refractivity contribution in [3.05, 3.63) is 64.1 Å². The molecule has 2 aromatic carbocycles. The summed E-state index contributed by atoms with van der Waals surface area (Å²) in [5, 5.41) is 0. The van der Waals surface area contributed by atoms with Crippen LogP contribution in [0.15, 0.2) is 53.0 Å². The lowest BCUT2D eigenvalue weighted by atomic mass is 10.1. The van der Waals surface area contributed by atoms with E-state index in [0.717, 1.165) is 28.7 Å². The Hall–Kier alpha value is -2.14. The predicted octanol–water partition coefficient (Wildman–Crippen LogP) is 3.85. The summed E-state index contributed by atoms with van der Waals surface area (Å²) in [6, 6.07) is 15.2. The first-order valence-electron chi connectivity index (χ1n) is 7.95. The molecular weight excluding hydrogens is 368 g/mol. The van der Waals surface area contributed by atoms with Gasteiger partial charge in [0.05, 0.1) is 0 Å². The van der Waals surface area contributed by atoms with Crippen molar-refractivity contribution >= 4 is 33.4 Å². The van der Waals surface area contributed by atoms with Gasteiger partial charge in [0.1, 0.15) is 0 Å². The molecule has 0 spiro atoms. The lowest BCUT2D eigenvalue weighted by Gasteiger charge is -2.20. The zero-order chi connectivity index (χ0) is 17.1. The van der Waals surface area contributed by atoms with Gasteiger partial charge in [-0.1, -0.05) is 34.1 Å². The number of carbonyl (C=O) groups is 2. The summed E-state index contributed by atoms with van der Waals surface area (Å²) in [6.07, 6.45) is 1.46. The average molecular weight is 387 g/mol. The predicted molar refractivity (Wildman–Crippen MR) is 98.0 cm³/mol. The number of anilines is 1. The summed E-state index contributed by atoms with van der Waals surface area (Å²) in [5.74, 6) is 0.0780. The van der Waals surface area contributed by atoms with Crippen molar-refractivity contribution in [2.24, 2.45) is 0 Å². The summed E-state index contributed by atoms with van der Waals surface area (Å²) in [4.78, 5) is 28.0. The molecule has 124 valence electrons. The number of benzene rings is 2. The fraction of sp³-hybridized carbons (Fsp3) is 0.263. The highest BCUT2D eigenvalue weighted by molar-refractivity contribution is 9.10. The molecule has 1 aliphatic heterocycles. The first-order valence-corrected chi connectivity index (χ1v) is 8.74. The summed E-state index contributed by atoms with van der Waals surface area (Å²) in [7, 11) is 1.79. The summed E-state index contributed by atoms with van der Waals surface area (Å²) < 4.78 is 1.02. The second kappa shape index (κ2) is 7.18. The maximum Gasteiger partial charge on any atom is 0.253 e. The van der Waals surface area contributed by atoms with Crippen molar-refractivity contribution in [3.8, 4) is 0 Å². The highest BCUT2D eigenvalue weighted by atomic mass is 79.9. The molecule has 2 aromatic rings. The molecule has 0 aliphatic carbocycles. The van der Waals surface area contributed by atoms with Crippen molar-refractivity contribution in [1.29, 1.82) is 0 Å². The van der Waals surface area contributed by atoms with Gasteiger partial charge in [-0.3, -0.25) is 9.59 Å². The van der Waals surface area contributed by atoms with Gasteiger partial charge in [0.15, 0.2) is 0 Å². The molecule has 0 bridgehead atoms. The molecule has 1 aliphatic rings. The van der Waals surface area contributed by atoms with E-state index in [9.17, 15) is 9.59 Å². The van der Waals surface area contributed by atoms with Gasteiger partial charge in [0.25, 0.3) is 5.91 Å². The molecule has 1 saturated heterocycles. The molecule has 0 radical (unpaired) electrons. The molecule has 24 heavy (non-hydrogen) atoms. The molecule has 5 heteroatoms. The summed E-state index contributed by atoms with van der Waals surface area (Å²) >= 11 is 3.41. The lowest BCUT2D eigenvalue weighted by Crippen LogP contribution is -2.27. The zero-order valence-electron chi connectivity index (χ0n) is 13.5. The largest absolute Gasteiger partial charge is 0.337 e. The zero-order valence-corrected chi connectivity index (χ0v) is 15.1. The Balaban J connectivity index is 1.74. The molecule has 1 heterocycles. The third-order valence-electron chi connectivity index (χ3n) is 4.16. The number of hydrogen-bond donors (Lipinski definition) is 0. The molecule has 4 nitrogen and oxygen atoms in total. The Bertz CT molecular complexity index is 758. The van der Waals surface area contributed by atoms with Gasteiger partial charge < -0.3 is 9.80 Å². The molecule has 2 amide bonds. The van der Waals surface area contributed by atoms with Crippen molar-refractivity contribution in [2.45, 2.75) is 19.4 Å². The summed E-state index contributed by atoms with van der Waals surface area (Å²) in [5.41, 5.74) is 2.48. The van der Waals surface area contributed by atoms with Crippen LogP contribution in [0.1, 0.15) is 28.8 Å². The Morgan fingerprint density at radius 2 is 1.96 bits per heavy atom. The second-order valence-corrected chi connectivity index (χ2v) is 6.90. The standard InChI is InChI=1S/C19H19BrN2O2/c1-21(13-14-7-9-16(20)10-8-14)19(24)15-4-2-5-17(12-15)22-11-3-6-18(22)23/h2,4-5,7-10,12H,3,6,11,13H2,1H3. The van der Waals surface area contributed by atoms with E-state index in [4.69, 9.17) is 0 Å². The topological polar surface area (TPSA) is 40.6 Å². The second-order valence-electron chi connectivity index (χ2n) is 5.99. The van der Waals surface area contributed by atoms with E-state index in [1.165, 1.54) is 0 Å². The highest BCUT2D eigenvalue weighted by Crippen LogP contribution is 2.23. The van der Waals surface area contributed by atoms with Crippen molar-refractivity contribution in [2.75, 3.05) is 18.5 Å². The molecule has 0 saturated carbocycles. The van der Waals surface area contributed by atoms with E-state index in [-0.39, 0.29) is 11.8 Å². The van der Waals surface area contributed by atoms with Crippen molar-refractivity contribution in [1.82, 2.24) is 4.90 Å². The SMILES string of the molecule is CN(Cc1ccc(Br)cc1)C(=O)c1cccc(N2CCCC2=O)c1. The van der Waals surface area contributed by atoms with Crippen LogP contribution in [0.2, 0.25) is 0 Å². The third-order valence-corrected chi connectivity index (χ3v) is 4.69. The van der Waals surface area contributed by atoms with E-state index in [2.05, 4.69) is 15.9 Å². The van der Waals surface area contributed by atoms with Gasteiger partial charge >= 0.3 is 0 Å². The minimum absolute atomic E-state index is 0.0496. The first-order chi connectivity index (χ1) is 11.5. The Kier molecular flexibility index (Phi) is 5.00. The van der Waals surface area contributed by atoms with Crippen LogP contribution < -0.4 is 4.90 Å². The van der Waals surface area contributed by atoms with E-state index >= 15 is 0 Å². The number of hydrogen-bond acceptors (Lipinski definition) is 2. The minimum Gasteiger partial charge on any atom is -0.337 e. The van der Waals surface area contributed by atoms with Crippen molar-refractivity contribution < 1.29 is 9.59 Å². The maximum atomic E-state index is 12.7. The summed E-state index contributed by atoms with van der Waals surface area (Å²) in [6.45, 7) is 1.27. The van der Waals surface area contributed by atoms with E-state index in [1.54, 1.807) is 22.9 Å². The van der Waals surface area contributed by atoms with Gasteiger partial charge in [-0.05, 0) is 42.3 Å². The molecule has 0 N–H and O–H groups in total. The maximum absolute atomic E-state index is 12.7. The molecule has 1 fully saturated rings. The van der Waals surface area contributed by atoms with E-state index < -0.39 is 0 Å². The van der Waals surface area contributed by atoms with Crippen LogP contribution in [0.3, 0.4) is 0 Å². The van der Waals surface area contributed by atoms with Gasteiger partial charge in [-0.25, -0.2) is 0 Å². The van der Waals surface area contributed by atoms with Gasteiger partial charge in [0, 0.05) is 42.3 Å². The fourth-order valence-electron chi connectivity index (χ4n) is 2.88. The number of nitrogens with zero attached hydrogens (tertiary/aromatic N) is 2.